The van der Waals surface area contributed by atoms with Crippen LogP contribution in [-0.4, -0.2) is 52.6 Å². The average Bonchev–Trinajstić information content (AvgIpc) is 3.38. The predicted octanol–water partition coefficient (Wildman–Crippen LogP) is 7.01. The Morgan fingerprint density at radius 2 is 1.59 bits per heavy atom. The maximum atomic E-state index is 12.7. The molecule has 202 valence electrons. The third-order valence-electron chi connectivity index (χ3n) is 6.73. The van der Waals surface area contributed by atoms with Crippen molar-refractivity contribution in [2.45, 2.75) is 40.0 Å². The summed E-state index contributed by atoms with van der Waals surface area (Å²) in [6, 6.07) is 20.2. The molecule has 0 unspecified atom stereocenters. The predicted molar refractivity (Wildman–Crippen MR) is 162 cm³/mol. The van der Waals surface area contributed by atoms with Crippen LogP contribution in [0.4, 0.5) is 0 Å². The lowest BCUT2D eigenvalue weighted by atomic mass is 9.96. The van der Waals surface area contributed by atoms with Crippen LogP contribution in [0.3, 0.4) is 0 Å². The minimum absolute atomic E-state index is 0.0107. The van der Waals surface area contributed by atoms with Crippen molar-refractivity contribution in [2.75, 3.05) is 27.2 Å². The molecule has 5 rings (SSSR count). The Morgan fingerprint density at radius 1 is 0.846 bits per heavy atom. The van der Waals surface area contributed by atoms with E-state index in [0.29, 0.717) is 5.56 Å². The number of aryl methyl sites for hydroxylation is 1. The van der Waals surface area contributed by atoms with E-state index in [1.807, 2.05) is 59.5 Å². The van der Waals surface area contributed by atoms with Crippen LogP contribution in [0, 0.1) is 6.92 Å². The molecule has 0 fully saturated rings. The number of hydrogen-bond acceptors (Lipinski definition) is 4. The SMILES string of the molecule is CCCCNCCC.Cc1ccc(-c2cnc3c(-c4ccc(C(=O)N(C)C)c5ccccc45)cnn3c2)cc1. The maximum Gasteiger partial charge on any atom is 0.253 e. The van der Waals surface area contributed by atoms with Crippen LogP contribution in [0.2, 0.25) is 0 Å². The molecule has 1 amide bonds. The van der Waals surface area contributed by atoms with Crippen LogP contribution in [0.15, 0.2) is 79.3 Å². The lowest BCUT2D eigenvalue weighted by Gasteiger charge is -2.14. The Kier molecular flexibility index (Phi) is 9.45. The van der Waals surface area contributed by atoms with Gasteiger partial charge in [0.05, 0.1) is 6.20 Å². The summed E-state index contributed by atoms with van der Waals surface area (Å²) in [6.45, 7) is 8.86. The summed E-state index contributed by atoms with van der Waals surface area (Å²) in [6.07, 6.45) is 9.61. The molecule has 0 radical (unpaired) electrons. The number of amides is 1. The van der Waals surface area contributed by atoms with Gasteiger partial charge in [0.15, 0.2) is 5.65 Å². The monoisotopic (exact) mass is 521 g/mol. The first-order valence-corrected chi connectivity index (χ1v) is 13.8. The molecule has 0 spiro atoms. The largest absolute Gasteiger partial charge is 0.345 e. The molecule has 6 heteroatoms. The average molecular weight is 522 g/mol. The summed E-state index contributed by atoms with van der Waals surface area (Å²) < 4.78 is 1.82. The van der Waals surface area contributed by atoms with E-state index in [-0.39, 0.29) is 5.91 Å². The fourth-order valence-corrected chi connectivity index (χ4v) is 4.52. The first kappa shape index (κ1) is 28.0. The second-order valence-electron chi connectivity index (χ2n) is 10.0. The van der Waals surface area contributed by atoms with Crippen LogP contribution in [0.25, 0.3) is 38.7 Å². The second-order valence-corrected chi connectivity index (χ2v) is 10.0. The zero-order valence-corrected chi connectivity index (χ0v) is 23.7. The van der Waals surface area contributed by atoms with Gasteiger partial charge in [0, 0.05) is 43.2 Å². The van der Waals surface area contributed by atoms with E-state index in [1.165, 1.54) is 37.9 Å². The minimum Gasteiger partial charge on any atom is -0.345 e. The Bertz CT molecular complexity index is 1530. The number of fused-ring (bicyclic) bond motifs is 2. The Morgan fingerprint density at radius 3 is 2.28 bits per heavy atom. The molecule has 39 heavy (non-hydrogen) atoms. The minimum atomic E-state index is -0.0107. The summed E-state index contributed by atoms with van der Waals surface area (Å²) in [7, 11) is 3.54. The highest BCUT2D eigenvalue weighted by Crippen LogP contribution is 2.33. The van der Waals surface area contributed by atoms with E-state index in [4.69, 9.17) is 4.98 Å². The summed E-state index contributed by atoms with van der Waals surface area (Å²) in [5, 5.41) is 9.84. The Balaban J connectivity index is 0.000000386. The molecule has 0 saturated carbocycles. The molecular weight excluding hydrogens is 482 g/mol. The highest BCUT2D eigenvalue weighted by molar-refractivity contribution is 6.11. The van der Waals surface area contributed by atoms with Crippen molar-refractivity contribution in [3.05, 3.63) is 90.4 Å². The van der Waals surface area contributed by atoms with Gasteiger partial charge in [0.2, 0.25) is 0 Å². The van der Waals surface area contributed by atoms with Crippen LogP contribution in [-0.2, 0) is 0 Å². The number of aromatic nitrogens is 3. The molecule has 0 bridgehead atoms. The lowest BCUT2D eigenvalue weighted by Crippen LogP contribution is -2.21. The van der Waals surface area contributed by atoms with Crippen LogP contribution < -0.4 is 5.32 Å². The van der Waals surface area contributed by atoms with Crippen molar-refractivity contribution < 1.29 is 4.79 Å². The van der Waals surface area contributed by atoms with E-state index >= 15 is 0 Å². The zero-order valence-electron chi connectivity index (χ0n) is 23.7. The van der Waals surface area contributed by atoms with Crippen LogP contribution in [0.5, 0.6) is 0 Å². The molecule has 6 nitrogen and oxygen atoms in total. The fraction of sp³-hybridized carbons (Fsp3) is 0.303. The van der Waals surface area contributed by atoms with Crippen molar-refractivity contribution in [1.82, 2.24) is 24.8 Å². The third kappa shape index (κ3) is 6.52. The van der Waals surface area contributed by atoms with E-state index < -0.39 is 0 Å². The van der Waals surface area contributed by atoms with Gasteiger partial charge in [-0.3, -0.25) is 4.79 Å². The highest BCUT2D eigenvalue weighted by Gasteiger charge is 2.17. The van der Waals surface area contributed by atoms with Crippen LogP contribution in [0.1, 0.15) is 49.0 Å². The van der Waals surface area contributed by atoms with Gasteiger partial charge in [-0.1, -0.05) is 80.4 Å². The zero-order chi connectivity index (χ0) is 27.8. The van der Waals surface area contributed by atoms with Gasteiger partial charge in [0.1, 0.15) is 0 Å². The number of benzene rings is 3. The fourth-order valence-electron chi connectivity index (χ4n) is 4.52. The molecule has 3 aromatic carbocycles. The molecule has 0 saturated heterocycles. The Labute approximate surface area is 231 Å². The number of nitrogens with zero attached hydrogens (tertiary/aromatic N) is 4. The van der Waals surface area contributed by atoms with E-state index in [9.17, 15) is 4.79 Å². The molecule has 0 aliphatic heterocycles. The van der Waals surface area contributed by atoms with Crippen molar-refractivity contribution in [3.63, 3.8) is 0 Å². The van der Waals surface area contributed by atoms with E-state index in [0.717, 1.165) is 38.7 Å². The van der Waals surface area contributed by atoms with Crippen molar-refractivity contribution in [3.8, 4) is 22.3 Å². The lowest BCUT2D eigenvalue weighted by molar-refractivity contribution is 0.0829. The third-order valence-corrected chi connectivity index (χ3v) is 6.73. The van der Waals surface area contributed by atoms with Gasteiger partial charge >= 0.3 is 0 Å². The van der Waals surface area contributed by atoms with Crippen molar-refractivity contribution in [2.24, 2.45) is 0 Å². The topological polar surface area (TPSA) is 62.5 Å². The second kappa shape index (κ2) is 13.2. The maximum absolute atomic E-state index is 12.7. The van der Waals surface area contributed by atoms with Crippen molar-refractivity contribution >= 4 is 22.3 Å². The molecule has 2 aromatic heterocycles. The molecule has 0 aliphatic rings. The molecular formula is C33H39N5O. The number of carbonyl (C=O) groups excluding carboxylic acids is 1. The van der Waals surface area contributed by atoms with Gasteiger partial charge in [-0.15, -0.1) is 0 Å². The van der Waals surface area contributed by atoms with E-state index in [1.54, 1.807) is 19.0 Å². The smallest absolute Gasteiger partial charge is 0.253 e. The van der Waals surface area contributed by atoms with Gasteiger partial charge in [-0.2, -0.15) is 5.10 Å². The molecule has 0 aliphatic carbocycles. The highest BCUT2D eigenvalue weighted by atomic mass is 16.2. The first-order valence-electron chi connectivity index (χ1n) is 13.8. The molecule has 5 aromatic rings. The Hall–Kier alpha value is -4.03. The summed E-state index contributed by atoms with van der Waals surface area (Å²) in [5.41, 5.74) is 6.77. The molecule has 2 heterocycles. The van der Waals surface area contributed by atoms with Crippen molar-refractivity contribution in [1.29, 1.82) is 0 Å². The molecule has 0 atom stereocenters. The van der Waals surface area contributed by atoms with Crippen LogP contribution >= 0.6 is 0 Å². The van der Waals surface area contributed by atoms with Gasteiger partial charge in [-0.05, 0) is 60.8 Å². The van der Waals surface area contributed by atoms with Gasteiger partial charge in [0.25, 0.3) is 5.91 Å². The number of carbonyl (C=O) groups is 1. The summed E-state index contributed by atoms with van der Waals surface area (Å²) in [5.74, 6) is -0.0107. The van der Waals surface area contributed by atoms with Gasteiger partial charge < -0.3 is 10.2 Å². The standard InChI is InChI=1S/C26H22N4O.C7H17N/c1-17-8-10-18(11-9-17)19-14-27-25-24(15-28-30(25)16-19)22-12-13-23(26(31)29(2)3)21-7-5-4-6-20(21)22;1-3-5-7-8-6-4-2/h4-16H,1-3H3;8H,3-7H2,1-2H3. The number of unbranched alkanes of at least 4 members (excludes halogenated alkanes) is 1. The quantitative estimate of drug-likeness (QED) is 0.223. The normalized spacial score (nSPS) is 10.9. The van der Waals surface area contributed by atoms with Gasteiger partial charge in [-0.25, -0.2) is 9.50 Å². The van der Waals surface area contributed by atoms with E-state index in [2.05, 4.69) is 55.5 Å². The summed E-state index contributed by atoms with van der Waals surface area (Å²) in [4.78, 5) is 19.0. The number of rotatable bonds is 8. The first-order chi connectivity index (χ1) is 18.9. The summed E-state index contributed by atoms with van der Waals surface area (Å²) >= 11 is 0. The number of hydrogen-bond donors (Lipinski definition) is 1. The number of nitrogens with one attached hydrogen (secondary N) is 1. The molecule has 1 N–H and O–H groups in total.